The zero-order chi connectivity index (χ0) is 14.0. The standard InChI is InChI=1S/C14H10BrClF2O/c1-19-12-6-5-8(7-11(12)17)13(16)9-3-2-4-10(15)14(9)18/h2-7,13H,1H3. The fraction of sp³-hybridized carbons (Fsp3) is 0.143. The second-order valence-electron chi connectivity index (χ2n) is 3.90. The van der Waals surface area contributed by atoms with Gasteiger partial charge in [0.05, 0.1) is 17.0 Å². The van der Waals surface area contributed by atoms with Crippen LogP contribution in [0.2, 0.25) is 0 Å². The summed E-state index contributed by atoms with van der Waals surface area (Å²) in [5, 5.41) is -0.766. The Kier molecular flexibility index (Phi) is 4.42. The number of alkyl halides is 1. The van der Waals surface area contributed by atoms with Gasteiger partial charge in [0.1, 0.15) is 5.82 Å². The number of ether oxygens (including phenoxy) is 1. The minimum atomic E-state index is -0.766. The van der Waals surface area contributed by atoms with Crippen molar-refractivity contribution in [2.45, 2.75) is 5.38 Å². The first kappa shape index (κ1) is 14.3. The van der Waals surface area contributed by atoms with Gasteiger partial charge in [0.15, 0.2) is 11.6 Å². The highest BCUT2D eigenvalue weighted by Crippen LogP contribution is 2.34. The third-order valence-electron chi connectivity index (χ3n) is 2.72. The van der Waals surface area contributed by atoms with Crippen LogP contribution in [-0.2, 0) is 0 Å². The molecule has 0 aliphatic rings. The van der Waals surface area contributed by atoms with Crippen LogP contribution in [0.4, 0.5) is 8.78 Å². The highest BCUT2D eigenvalue weighted by molar-refractivity contribution is 9.10. The average Bonchev–Trinajstić information content (AvgIpc) is 2.41. The van der Waals surface area contributed by atoms with E-state index in [0.29, 0.717) is 15.6 Å². The summed E-state index contributed by atoms with van der Waals surface area (Å²) in [5.74, 6) is -0.845. The monoisotopic (exact) mass is 346 g/mol. The van der Waals surface area contributed by atoms with Crippen LogP contribution in [0.25, 0.3) is 0 Å². The zero-order valence-corrected chi connectivity index (χ0v) is 12.3. The number of hydrogen-bond acceptors (Lipinski definition) is 1. The molecule has 0 aromatic heterocycles. The first-order valence-electron chi connectivity index (χ1n) is 5.46. The smallest absolute Gasteiger partial charge is 0.165 e. The third kappa shape index (κ3) is 2.90. The molecule has 0 radical (unpaired) electrons. The van der Waals surface area contributed by atoms with Gasteiger partial charge in [-0.1, -0.05) is 18.2 Å². The van der Waals surface area contributed by atoms with Gasteiger partial charge in [-0.3, -0.25) is 0 Å². The average molecular weight is 348 g/mol. The first-order chi connectivity index (χ1) is 9.04. The second-order valence-corrected chi connectivity index (χ2v) is 5.19. The van der Waals surface area contributed by atoms with E-state index < -0.39 is 17.0 Å². The molecule has 1 atom stereocenters. The summed E-state index contributed by atoms with van der Waals surface area (Å²) < 4.78 is 32.7. The van der Waals surface area contributed by atoms with E-state index in [0.717, 1.165) is 0 Å². The molecule has 0 spiro atoms. The van der Waals surface area contributed by atoms with Gasteiger partial charge < -0.3 is 4.74 Å². The molecule has 1 unspecified atom stereocenters. The quantitative estimate of drug-likeness (QED) is 0.705. The molecule has 2 aromatic rings. The molecule has 19 heavy (non-hydrogen) atoms. The lowest BCUT2D eigenvalue weighted by Gasteiger charge is -2.13. The molecule has 0 bridgehead atoms. The number of halogens is 4. The Morgan fingerprint density at radius 1 is 1.21 bits per heavy atom. The maximum atomic E-state index is 13.9. The predicted molar refractivity (Wildman–Crippen MR) is 74.7 cm³/mol. The van der Waals surface area contributed by atoms with Crippen LogP contribution in [0.15, 0.2) is 40.9 Å². The van der Waals surface area contributed by atoms with E-state index in [1.54, 1.807) is 24.3 Å². The van der Waals surface area contributed by atoms with Gasteiger partial charge in [-0.25, -0.2) is 8.78 Å². The summed E-state index contributed by atoms with van der Waals surface area (Å²) in [6.07, 6.45) is 0. The van der Waals surface area contributed by atoms with E-state index in [2.05, 4.69) is 15.9 Å². The Bertz CT molecular complexity index is 604. The molecule has 0 aliphatic carbocycles. The molecule has 0 saturated carbocycles. The van der Waals surface area contributed by atoms with Crippen molar-refractivity contribution in [3.8, 4) is 5.75 Å². The normalized spacial score (nSPS) is 12.3. The van der Waals surface area contributed by atoms with E-state index in [-0.39, 0.29) is 5.75 Å². The minimum absolute atomic E-state index is 0.127. The minimum Gasteiger partial charge on any atom is -0.494 e. The maximum Gasteiger partial charge on any atom is 0.165 e. The maximum absolute atomic E-state index is 13.9. The summed E-state index contributed by atoms with van der Waals surface area (Å²) in [6.45, 7) is 0. The molecular weight excluding hydrogens is 338 g/mol. The number of methoxy groups -OCH3 is 1. The van der Waals surface area contributed by atoms with Gasteiger partial charge in [-0.05, 0) is 39.7 Å². The molecule has 5 heteroatoms. The van der Waals surface area contributed by atoms with Crippen LogP contribution in [-0.4, -0.2) is 7.11 Å². The Hall–Kier alpha value is -1.13. The van der Waals surface area contributed by atoms with Crippen molar-refractivity contribution in [3.63, 3.8) is 0 Å². The van der Waals surface area contributed by atoms with Crippen LogP contribution in [0.5, 0.6) is 5.75 Å². The van der Waals surface area contributed by atoms with Gasteiger partial charge in [-0.2, -0.15) is 0 Å². The SMILES string of the molecule is COc1ccc(C(Cl)c2cccc(Br)c2F)cc1F. The molecule has 2 aromatic carbocycles. The summed E-state index contributed by atoms with van der Waals surface area (Å²) in [4.78, 5) is 0. The fourth-order valence-electron chi connectivity index (χ4n) is 1.74. The number of benzene rings is 2. The molecule has 0 N–H and O–H groups in total. The third-order valence-corrected chi connectivity index (χ3v) is 3.82. The molecule has 100 valence electrons. The van der Waals surface area contributed by atoms with E-state index in [9.17, 15) is 8.78 Å². The topological polar surface area (TPSA) is 9.23 Å². The Labute approximate surface area is 123 Å². The Morgan fingerprint density at radius 2 is 1.95 bits per heavy atom. The fourth-order valence-corrected chi connectivity index (χ4v) is 2.42. The van der Waals surface area contributed by atoms with Crippen molar-refractivity contribution >= 4 is 27.5 Å². The van der Waals surface area contributed by atoms with Crippen LogP contribution >= 0.6 is 27.5 Å². The molecule has 0 saturated heterocycles. The summed E-state index contributed by atoms with van der Waals surface area (Å²) in [6, 6.07) is 9.15. The Balaban J connectivity index is 2.41. The molecule has 0 aliphatic heterocycles. The van der Waals surface area contributed by atoms with E-state index in [1.807, 2.05) is 0 Å². The van der Waals surface area contributed by atoms with Crippen LogP contribution in [0.3, 0.4) is 0 Å². The first-order valence-corrected chi connectivity index (χ1v) is 6.69. The Morgan fingerprint density at radius 3 is 2.58 bits per heavy atom. The van der Waals surface area contributed by atoms with Crippen molar-refractivity contribution in [3.05, 3.63) is 63.6 Å². The van der Waals surface area contributed by atoms with Crippen LogP contribution in [0.1, 0.15) is 16.5 Å². The molecule has 1 nitrogen and oxygen atoms in total. The largest absolute Gasteiger partial charge is 0.494 e. The zero-order valence-electron chi connectivity index (χ0n) is 9.96. The molecule has 0 amide bonds. The van der Waals surface area contributed by atoms with Crippen molar-refractivity contribution < 1.29 is 13.5 Å². The molecule has 2 rings (SSSR count). The molecule has 0 fully saturated rings. The summed E-state index contributed by atoms with van der Waals surface area (Å²) >= 11 is 9.30. The lowest BCUT2D eigenvalue weighted by Crippen LogP contribution is -1.99. The van der Waals surface area contributed by atoms with E-state index in [4.69, 9.17) is 16.3 Å². The van der Waals surface area contributed by atoms with Crippen molar-refractivity contribution in [1.29, 1.82) is 0 Å². The van der Waals surface area contributed by atoms with Crippen molar-refractivity contribution in [2.75, 3.05) is 7.11 Å². The number of rotatable bonds is 3. The second kappa shape index (κ2) is 5.88. The predicted octanol–water partition coefficient (Wildman–Crippen LogP) is 5.06. The van der Waals surface area contributed by atoms with Gasteiger partial charge >= 0.3 is 0 Å². The van der Waals surface area contributed by atoms with Crippen LogP contribution in [0, 0.1) is 11.6 Å². The van der Waals surface area contributed by atoms with Crippen molar-refractivity contribution in [2.24, 2.45) is 0 Å². The summed E-state index contributed by atoms with van der Waals surface area (Å²) in [5.41, 5.74) is 0.762. The van der Waals surface area contributed by atoms with Crippen LogP contribution < -0.4 is 4.74 Å². The van der Waals surface area contributed by atoms with E-state index in [1.165, 1.54) is 19.2 Å². The van der Waals surface area contributed by atoms with Crippen molar-refractivity contribution in [1.82, 2.24) is 0 Å². The summed E-state index contributed by atoms with van der Waals surface area (Å²) in [7, 11) is 1.38. The highest BCUT2D eigenvalue weighted by Gasteiger charge is 2.18. The van der Waals surface area contributed by atoms with Gasteiger partial charge in [0, 0.05) is 5.56 Å². The number of hydrogen-bond donors (Lipinski definition) is 0. The highest BCUT2D eigenvalue weighted by atomic mass is 79.9. The molecular formula is C14H10BrClF2O. The lowest BCUT2D eigenvalue weighted by molar-refractivity contribution is 0.386. The van der Waals surface area contributed by atoms with Gasteiger partial charge in [0.2, 0.25) is 0 Å². The van der Waals surface area contributed by atoms with E-state index >= 15 is 0 Å². The van der Waals surface area contributed by atoms with Gasteiger partial charge in [-0.15, -0.1) is 11.6 Å². The molecule has 0 heterocycles. The van der Waals surface area contributed by atoms with Gasteiger partial charge in [0.25, 0.3) is 0 Å². The lowest BCUT2D eigenvalue weighted by atomic mass is 10.0.